The maximum Gasteiger partial charge on any atom is 0.219 e. The Morgan fingerprint density at radius 2 is 1.85 bits per heavy atom. The van der Waals surface area contributed by atoms with Crippen molar-refractivity contribution >= 4 is 11.9 Å². The molecule has 0 aromatic carbocycles. The number of guanidine groups is 1. The molecule has 1 aliphatic rings. The lowest BCUT2D eigenvalue weighted by atomic mass is 10.3. The zero-order chi connectivity index (χ0) is 14.8. The minimum absolute atomic E-state index is 0.172. The van der Waals surface area contributed by atoms with Crippen LogP contribution in [0, 0.1) is 0 Å². The number of hydrogen-bond acceptors (Lipinski definition) is 4. The third-order valence-corrected chi connectivity index (χ3v) is 3.36. The Kier molecular flexibility index (Phi) is 7.98. The third kappa shape index (κ3) is 6.21. The maximum atomic E-state index is 11.2. The van der Waals surface area contributed by atoms with E-state index in [0.29, 0.717) is 6.61 Å². The summed E-state index contributed by atoms with van der Waals surface area (Å²) in [5, 5.41) is 6.44. The van der Waals surface area contributed by atoms with E-state index < -0.39 is 0 Å². The fraction of sp³-hybridized carbons (Fsp3) is 0.846. The molecule has 1 aliphatic heterocycles. The van der Waals surface area contributed by atoms with Gasteiger partial charge in [-0.15, -0.1) is 0 Å². The first-order valence-corrected chi connectivity index (χ1v) is 7.08. The van der Waals surface area contributed by atoms with Gasteiger partial charge in [-0.1, -0.05) is 0 Å². The Bertz CT molecular complexity index is 314. The highest BCUT2D eigenvalue weighted by Gasteiger charge is 2.17. The van der Waals surface area contributed by atoms with Gasteiger partial charge in [0.15, 0.2) is 5.96 Å². The summed E-state index contributed by atoms with van der Waals surface area (Å²) in [6.07, 6.45) is 0. The summed E-state index contributed by atoms with van der Waals surface area (Å²) < 4.78 is 4.98. The van der Waals surface area contributed by atoms with Gasteiger partial charge in [0.2, 0.25) is 5.91 Å². The molecule has 0 atom stereocenters. The second-order valence-corrected chi connectivity index (χ2v) is 4.77. The van der Waals surface area contributed by atoms with Crippen molar-refractivity contribution in [3.63, 3.8) is 0 Å². The van der Waals surface area contributed by atoms with Crippen LogP contribution in [-0.2, 0) is 9.53 Å². The van der Waals surface area contributed by atoms with Crippen LogP contribution in [0.15, 0.2) is 4.99 Å². The molecule has 1 fully saturated rings. The molecule has 20 heavy (non-hydrogen) atoms. The minimum Gasteiger partial charge on any atom is -0.383 e. The first-order chi connectivity index (χ1) is 9.67. The number of carbonyl (C=O) groups excluding carboxylic acids is 1. The molecular formula is C13H27N5O2. The Morgan fingerprint density at radius 3 is 2.40 bits per heavy atom. The first kappa shape index (κ1) is 16.7. The molecule has 0 radical (unpaired) electrons. The van der Waals surface area contributed by atoms with Gasteiger partial charge in [0.25, 0.3) is 0 Å². The zero-order valence-corrected chi connectivity index (χ0v) is 12.8. The summed E-state index contributed by atoms with van der Waals surface area (Å²) in [6, 6.07) is 0. The van der Waals surface area contributed by atoms with Crippen LogP contribution in [0.1, 0.15) is 6.92 Å². The van der Waals surface area contributed by atoms with Gasteiger partial charge in [-0.05, 0) is 0 Å². The molecule has 0 unspecified atom stereocenters. The van der Waals surface area contributed by atoms with E-state index in [1.54, 1.807) is 21.1 Å². The number of methoxy groups -OCH3 is 1. The lowest BCUT2D eigenvalue weighted by Crippen LogP contribution is -2.50. The van der Waals surface area contributed by atoms with Crippen LogP contribution in [-0.4, -0.2) is 88.2 Å². The van der Waals surface area contributed by atoms with Crippen LogP contribution in [0.3, 0.4) is 0 Å². The fourth-order valence-electron chi connectivity index (χ4n) is 2.11. The molecule has 7 nitrogen and oxygen atoms in total. The van der Waals surface area contributed by atoms with Crippen molar-refractivity contribution in [2.75, 3.05) is 66.6 Å². The number of ether oxygens (including phenoxy) is 1. The van der Waals surface area contributed by atoms with Gasteiger partial charge in [-0.25, -0.2) is 0 Å². The summed E-state index contributed by atoms with van der Waals surface area (Å²) in [5.41, 5.74) is 0. The molecule has 7 heteroatoms. The maximum absolute atomic E-state index is 11.2. The Hall–Kier alpha value is -1.34. The molecule has 1 amide bonds. The SMILES string of the molecule is CN=C(NCCOC)NCCN1CCN(C(C)=O)CC1. The van der Waals surface area contributed by atoms with Gasteiger partial charge in [-0.3, -0.25) is 14.7 Å². The number of nitrogens with zero attached hydrogens (tertiary/aromatic N) is 3. The molecule has 0 bridgehead atoms. The second kappa shape index (κ2) is 9.55. The van der Waals surface area contributed by atoms with E-state index in [1.807, 2.05) is 4.90 Å². The molecule has 0 aromatic heterocycles. The Morgan fingerprint density at radius 1 is 1.20 bits per heavy atom. The number of aliphatic imine (C=N–C) groups is 1. The molecule has 0 aromatic rings. The van der Waals surface area contributed by atoms with Crippen LogP contribution in [0.2, 0.25) is 0 Å². The van der Waals surface area contributed by atoms with Gasteiger partial charge >= 0.3 is 0 Å². The zero-order valence-electron chi connectivity index (χ0n) is 12.8. The number of carbonyl (C=O) groups is 1. The largest absolute Gasteiger partial charge is 0.383 e. The van der Waals surface area contributed by atoms with Crippen molar-refractivity contribution in [1.82, 2.24) is 20.4 Å². The van der Waals surface area contributed by atoms with Crippen molar-refractivity contribution in [3.8, 4) is 0 Å². The number of rotatable bonds is 6. The quantitative estimate of drug-likeness (QED) is 0.371. The molecule has 2 N–H and O–H groups in total. The van der Waals surface area contributed by atoms with E-state index in [-0.39, 0.29) is 5.91 Å². The Labute approximate surface area is 121 Å². The number of hydrogen-bond donors (Lipinski definition) is 2. The number of nitrogens with one attached hydrogen (secondary N) is 2. The summed E-state index contributed by atoms with van der Waals surface area (Å²) >= 11 is 0. The summed E-state index contributed by atoms with van der Waals surface area (Å²) in [5.74, 6) is 0.968. The molecule has 116 valence electrons. The van der Waals surface area contributed by atoms with E-state index in [4.69, 9.17) is 4.74 Å². The van der Waals surface area contributed by atoms with Crippen LogP contribution < -0.4 is 10.6 Å². The van der Waals surface area contributed by atoms with Crippen LogP contribution in [0.5, 0.6) is 0 Å². The highest BCUT2D eigenvalue weighted by molar-refractivity contribution is 5.79. The smallest absolute Gasteiger partial charge is 0.219 e. The number of amides is 1. The molecule has 0 aliphatic carbocycles. The van der Waals surface area contributed by atoms with Crippen molar-refractivity contribution in [1.29, 1.82) is 0 Å². The topological polar surface area (TPSA) is 69.2 Å². The molecule has 1 saturated heterocycles. The highest BCUT2D eigenvalue weighted by Crippen LogP contribution is 2.00. The fourth-order valence-corrected chi connectivity index (χ4v) is 2.11. The number of piperazine rings is 1. The van der Waals surface area contributed by atoms with Crippen LogP contribution >= 0.6 is 0 Å². The van der Waals surface area contributed by atoms with Gasteiger partial charge in [-0.2, -0.15) is 0 Å². The first-order valence-electron chi connectivity index (χ1n) is 7.08. The van der Waals surface area contributed by atoms with E-state index in [2.05, 4.69) is 20.5 Å². The van der Waals surface area contributed by atoms with E-state index in [0.717, 1.165) is 51.8 Å². The van der Waals surface area contributed by atoms with Crippen molar-refractivity contribution in [2.24, 2.45) is 4.99 Å². The summed E-state index contributed by atoms with van der Waals surface area (Å²) in [7, 11) is 3.44. The van der Waals surface area contributed by atoms with E-state index in [9.17, 15) is 4.79 Å². The lowest BCUT2D eigenvalue weighted by molar-refractivity contribution is -0.130. The van der Waals surface area contributed by atoms with E-state index in [1.165, 1.54) is 0 Å². The van der Waals surface area contributed by atoms with Crippen molar-refractivity contribution in [2.45, 2.75) is 6.92 Å². The van der Waals surface area contributed by atoms with Gasteiger partial charge in [0.1, 0.15) is 0 Å². The summed E-state index contributed by atoms with van der Waals surface area (Å²) in [6.45, 7) is 8.37. The average Bonchev–Trinajstić information content (AvgIpc) is 2.46. The molecule has 1 heterocycles. The summed E-state index contributed by atoms with van der Waals surface area (Å²) in [4.78, 5) is 19.6. The van der Waals surface area contributed by atoms with Crippen LogP contribution in [0.25, 0.3) is 0 Å². The Balaban J connectivity index is 2.13. The molecular weight excluding hydrogens is 258 g/mol. The van der Waals surface area contributed by atoms with Crippen molar-refractivity contribution in [3.05, 3.63) is 0 Å². The molecule has 1 rings (SSSR count). The highest BCUT2D eigenvalue weighted by atomic mass is 16.5. The van der Waals surface area contributed by atoms with Crippen LogP contribution in [0.4, 0.5) is 0 Å². The standard InChI is InChI=1S/C13H27N5O2/c1-12(19)18-9-7-17(8-10-18)6-4-15-13(14-2)16-5-11-20-3/h4-11H2,1-3H3,(H2,14,15,16). The molecule has 0 spiro atoms. The normalized spacial score (nSPS) is 17.1. The molecule has 0 saturated carbocycles. The minimum atomic E-state index is 0.172. The lowest BCUT2D eigenvalue weighted by Gasteiger charge is -2.34. The predicted octanol–water partition coefficient (Wildman–Crippen LogP) is -1.04. The van der Waals surface area contributed by atoms with Crippen molar-refractivity contribution < 1.29 is 9.53 Å². The van der Waals surface area contributed by atoms with Gasteiger partial charge in [0.05, 0.1) is 6.61 Å². The van der Waals surface area contributed by atoms with Gasteiger partial charge < -0.3 is 20.3 Å². The van der Waals surface area contributed by atoms with Gasteiger partial charge in [0, 0.05) is 66.9 Å². The third-order valence-electron chi connectivity index (χ3n) is 3.36. The van der Waals surface area contributed by atoms with E-state index >= 15 is 0 Å². The average molecular weight is 285 g/mol. The monoisotopic (exact) mass is 285 g/mol. The second-order valence-electron chi connectivity index (χ2n) is 4.77. The predicted molar refractivity (Wildman–Crippen MR) is 79.9 cm³/mol.